The fourth-order valence-corrected chi connectivity index (χ4v) is 9.90. The first-order valence-electron chi connectivity index (χ1n) is 24.3. The van der Waals surface area contributed by atoms with Crippen LogP contribution in [-0.4, -0.2) is 78.9 Å². The van der Waals surface area contributed by atoms with E-state index in [2.05, 4.69) is 0 Å². The van der Waals surface area contributed by atoms with E-state index in [1.807, 2.05) is 212 Å². The first-order chi connectivity index (χ1) is 35.1. The first kappa shape index (κ1) is 50.4. The molecule has 2 heterocycles. The molecular formula is C60H62O10S. The lowest BCUT2D eigenvalue weighted by Gasteiger charge is -2.49. The first-order valence-corrected chi connectivity index (χ1v) is 25.2. The number of aliphatic hydroxyl groups is 1. The summed E-state index contributed by atoms with van der Waals surface area (Å²) in [5.41, 5.74) is 5.22. The summed E-state index contributed by atoms with van der Waals surface area (Å²) < 4.78 is 61.8. The van der Waals surface area contributed by atoms with Gasteiger partial charge in [-0.3, -0.25) is 0 Å². The average Bonchev–Trinajstić information content (AvgIpc) is 3.42. The minimum atomic E-state index is -1.34. The van der Waals surface area contributed by atoms with Crippen LogP contribution in [0.4, 0.5) is 0 Å². The molecule has 7 aromatic rings. The van der Waals surface area contributed by atoms with Crippen molar-refractivity contribution >= 4 is 11.8 Å². The van der Waals surface area contributed by atoms with Crippen molar-refractivity contribution in [1.82, 2.24) is 0 Å². The molecule has 1 N–H and O–H groups in total. The maximum Gasteiger partial charge on any atom is 0.187 e. The van der Waals surface area contributed by atoms with Gasteiger partial charge >= 0.3 is 0 Å². The van der Waals surface area contributed by atoms with Crippen LogP contribution in [-0.2, 0) is 82.3 Å². The summed E-state index contributed by atoms with van der Waals surface area (Å²) in [6.07, 6.45) is -7.96. The number of rotatable bonds is 24. The zero-order valence-electron chi connectivity index (χ0n) is 39.7. The van der Waals surface area contributed by atoms with E-state index in [-0.39, 0.29) is 39.6 Å². The summed E-state index contributed by atoms with van der Waals surface area (Å²) >= 11 is 1.51. The lowest BCUT2D eigenvalue weighted by Crippen LogP contribution is -2.65. The normalized spacial score (nSPS) is 24.4. The van der Waals surface area contributed by atoms with Crippen LogP contribution in [0.2, 0.25) is 0 Å². The Morgan fingerprint density at radius 2 is 0.676 bits per heavy atom. The molecule has 0 spiro atoms. The Labute approximate surface area is 421 Å². The molecule has 0 aliphatic carbocycles. The molecule has 9 rings (SSSR count). The van der Waals surface area contributed by atoms with Crippen molar-refractivity contribution in [1.29, 1.82) is 0 Å². The van der Waals surface area contributed by atoms with Crippen molar-refractivity contribution in [2.24, 2.45) is 0 Å². The molecule has 71 heavy (non-hydrogen) atoms. The zero-order chi connectivity index (χ0) is 48.3. The molecule has 368 valence electrons. The van der Waals surface area contributed by atoms with Gasteiger partial charge in [-0.1, -0.05) is 212 Å². The highest BCUT2D eigenvalue weighted by atomic mass is 32.2. The summed E-state index contributed by atoms with van der Waals surface area (Å²) in [5.74, 6) is 0. The molecule has 2 aliphatic rings. The van der Waals surface area contributed by atoms with Crippen LogP contribution in [0.5, 0.6) is 0 Å². The summed E-state index contributed by atoms with van der Waals surface area (Å²) in [5, 5.41) is 12.8. The van der Waals surface area contributed by atoms with Crippen LogP contribution in [0.3, 0.4) is 0 Å². The van der Waals surface area contributed by atoms with Gasteiger partial charge in [-0.05, 0) is 45.5 Å². The quantitative estimate of drug-likeness (QED) is 0.0626. The van der Waals surface area contributed by atoms with E-state index in [4.69, 9.17) is 42.6 Å². The maximum absolute atomic E-state index is 12.8. The summed E-state index contributed by atoms with van der Waals surface area (Å²) in [6, 6.07) is 70.0. The molecule has 10 atom stereocenters. The van der Waals surface area contributed by atoms with Crippen molar-refractivity contribution in [2.75, 3.05) is 13.2 Å². The Bertz CT molecular complexity index is 2530. The van der Waals surface area contributed by atoms with Gasteiger partial charge in [0.05, 0.1) is 52.9 Å². The van der Waals surface area contributed by atoms with E-state index in [1.165, 1.54) is 11.8 Å². The van der Waals surface area contributed by atoms with Crippen molar-refractivity contribution in [3.63, 3.8) is 0 Å². The van der Waals surface area contributed by atoms with Gasteiger partial charge in [0.2, 0.25) is 0 Å². The predicted octanol–water partition coefficient (Wildman–Crippen LogP) is 10.7. The van der Waals surface area contributed by atoms with Gasteiger partial charge in [0.15, 0.2) is 6.29 Å². The lowest BCUT2D eigenvalue weighted by molar-refractivity contribution is -0.350. The largest absolute Gasteiger partial charge is 0.385 e. The number of aliphatic hydroxyl groups excluding tert-OH is 1. The molecule has 7 aromatic carbocycles. The van der Waals surface area contributed by atoms with E-state index >= 15 is 0 Å². The lowest BCUT2D eigenvalue weighted by atomic mass is 9.96. The smallest absolute Gasteiger partial charge is 0.187 e. The fourth-order valence-electron chi connectivity index (χ4n) is 8.77. The molecule has 11 heteroatoms. The number of thioether (sulfide) groups is 1. The number of hydrogen-bond acceptors (Lipinski definition) is 11. The third-order valence-electron chi connectivity index (χ3n) is 12.4. The van der Waals surface area contributed by atoms with Gasteiger partial charge in [0.25, 0.3) is 0 Å². The topological polar surface area (TPSA) is 103 Å². The van der Waals surface area contributed by atoms with E-state index in [9.17, 15) is 5.11 Å². The maximum atomic E-state index is 12.8. The Balaban J connectivity index is 1.07. The van der Waals surface area contributed by atoms with Gasteiger partial charge in [0.1, 0.15) is 54.3 Å². The second-order valence-electron chi connectivity index (χ2n) is 17.7. The molecule has 2 aliphatic heterocycles. The second-order valence-corrected chi connectivity index (χ2v) is 18.8. The zero-order valence-corrected chi connectivity index (χ0v) is 40.5. The van der Waals surface area contributed by atoms with Gasteiger partial charge < -0.3 is 47.7 Å². The third kappa shape index (κ3) is 14.8. The van der Waals surface area contributed by atoms with Crippen molar-refractivity contribution in [2.45, 2.75) is 105 Å². The van der Waals surface area contributed by atoms with Gasteiger partial charge in [-0.25, -0.2) is 0 Å². The van der Waals surface area contributed by atoms with E-state index in [0.717, 1.165) is 38.3 Å². The Morgan fingerprint density at radius 1 is 0.352 bits per heavy atom. The second kappa shape index (κ2) is 26.8. The molecule has 4 unspecified atom stereocenters. The van der Waals surface area contributed by atoms with E-state index in [1.54, 1.807) is 0 Å². The van der Waals surface area contributed by atoms with Crippen molar-refractivity contribution < 1.29 is 47.7 Å². The highest BCUT2D eigenvalue weighted by molar-refractivity contribution is 7.99. The summed E-state index contributed by atoms with van der Waals surface area (Å²) in [7, 11) is 0. The fraction of sp³-hybridized carbons (Fsp3) is 0.300. The van der Waals surface area contributed by atoms with Crippen LogP contribution < -0.4 is 0 Å². The predicted molar refractivity (Wildman–Crippen MR) is 273 cm³/mol. The molecule has 10 nitrogen and oxygen atoms in total. The van der Waals surface area contributed by atoms with Crippen molar-refractivity contribution in [3.05, 3.63) is 246 Å². The molecular weight excluding hydrogens is 913 g/mol. The Kier molecular flexibility index (Phi) is 19.0. The SMILES string of the molecule is OC1[C@@H](OC2[C@@H](Sc3ccccc3)OC(COCc3ccccc3)[C@@H](OCc3ccccc3)[C@H]2OCc2ccccc2)OC(COCc2ccccc2)[C@H](OCc2ccccc2)[C@H]1OCc1ccccc1. The van der Waals surface area contributed by atoms with Crippen LogP contribution in [0, 0.1) is 0 Å². The molecule has 2 saturated heterocycles. The highest BCUT2D eigenvalue weighted by Gasteiger charge is 2.54. The minimum absolute atomic E-state index is 0.118. The molecule has 2 fully saturated rings. The third-order valence-corrected chi connectivity index (χ3v) is 13.6. The molecule has 0 saturated carbocycles. The monoisotopic (exact) mass is 974 g/mol. The summed E-state index contributed by atoms with van der Waals surface area (Å²) in [6.45, 7) is 2.03. The van der Waals surface area contributed by atoms with Crippen LogP contribution in [0.15, 0.2) is 217 Å². The highest BCUT2D eigenvalue weighted by Crippen LogP contribution is 2.40. The molecule has 0 amide bonds. The molecule has 0 aromatic heterocycles. The van der Waals surface area contributed by atoms with Gasteiger partial charge in [0, 0.05) is 4.90 Å². The minimum Gasteiger partial charge on any atom is -0.385 e. The number of ether oxygens (including phenoxy) is 9. The van der Waals surface area contributed by atoms with Crippen LogP contribution >= 0.6 is 11.8 Å². The van der Waals surface area contributed by atoms with Crippen LogP contribution in [0.25, 0.3) is 0 Å². The number of benzene rings is 7. The van der Waals surface area contributed by atoms with E-state index < -0.39 is 60.6 Å². The molecule has 0 bridgehead atoms. The number of hydrogen-bond donors (Lipinski definition) is 1. The van der Waals surface area contributed by atoms with E-state index in [0.29, 0.717) is 13.2 Å². The van der Waals surface area contributed by atoms with Gasteiger partial charge in [-0.15, -0.1) is 0 Å². The Morgan fingerprint density at radius 3 is 1.08 bits per heavy atom. The average molecular weight is 975 g/mol. The standard InChI is InChI=1S/C60H62O10S/c61-53-56(66-40-48-30-16-5-17-31-48)54(64-38-46-26-12-3-13-27-46)51(42-62-36-44-22-8-1-9-23-44)68-59(53)70-58-57(67-41-49-32-18-6-19-33-49)55(65-39-47-28-14-4-15-29-47)52(43-63-37-45-24-10-2-11-25-45)69-60(58)71-50-34-20-7-21-35-50/h1-35,51-61H,36-43H2/t51?,52?,53?,54-,55+,56-,57+,58?,59+,60+/m0/s1. The van der Waals surface area contributed by atoms with Crippen LogP contribution in [0.1, 0.15) is 33.4 Å². The van der Waals surface area contributed by atoms with Gasteiger partial charge in [-0.2, -0.15) is 0 Å². The Hall–Kier alpha value is -5.51. The van der Waals surface area contributed by atoms with Crippen molar-refractivity contribution in [3.8, 4) is 0 Å². The molecule has 0 radical (unpaired) electrons. The summed E-state index contributed by atoms with van der Waals surface area (Å²) in [4.78, 5) is 0.955.